The van der Waals surface area contributed by atoms with Crippen LogP contribution < -0.4 is 20.2 Å². The lowest BCUT2D eigenvalue weighted by Crippen LogP contribution is -2.46. The van der Waals surface area contributed by atoms with E-state index in [9.17, 15) is 4.79 Å². The van der Waals surface area contributed by atoms with E-state index in [0.29, 0.717) is 5.65 Å². The van der Waals surface area contributed by atoms with Gasteiger partial charge < -0.3 is 14.5 Å². The molecular weight excluding hydrogens is 308 g/mol. The summed E-state index contributed by atoms with van der Waals surface area (Å²) in [6, 6.07) is 9.93. The molecule has 2 aromatic heterocycles. The highest BCUT2D eigenvalue weighted by molar-refractivity contribution is 5.54. The number of benzene rings is 1. The third-order valence-electron chi connectivity index (χ3n) is 4.32. The van der Waals surface area contributed by atoms with E-state index in [1.807, 2.05) is 18.2 Å². The van der Waals surface area contributed by atoms with Gasteiger partial charge in [0.05, 0.1) is 7.11 Å². The molecule has 0 spiro atoms. The highest BCUT2D eigenvalue weighted by atomic mass is 16.5. The van der Waals surface area contributed by atoms with Crippen LogP contribution in [0, 0.1) is 0 Å². The molecule has 8 nitrogen and oxygen atoms in total. The van der Waals surface area contributed by atoms with Crippen molar-refractivity contribution < 1.29 is 4.74 Å². The third kappa shape index (κ3) is 2.55. The van der Waals surface area contributed by atoms with Gasteiger partial charge >= 0.3 is 5.69 Å². The summed E-state index contributed by atoms with van der Waals surface area (Å²) in [7, 11) is 1.68. The van der Waals surface area contributed by atoms with Crippen LogP contribution in [0.15, 0.2) is 41.5 Å². The Morgan fingerprint density at radius 2 is 1.92 bits per heavy atom. The lowest BCUT2D eigenvalue weighted by Gasteiger charge is -2.36. The van der Waals surface area contributed by atoms with Crippen molar-refractivity contribution in [1.29, 1.82) is 0 Å². The number of rotatable bonds is 3. The Labute approximate surface area is 138 Å². The average Bonchev–Trinajstić information content (AvgIpc) is 3.02. The zero-order valence-corrected chi connectivity index (χ0v) is 13.3. The third-order valence-corrected chi connectivity index (χ3v) is 4.32. The van der Waals surface area contributed by atoms with Gasteiger partial charge in [-0.05, 0) is 12.1 Å². The maximum atomic E-state index is 11.5. The summed E-state index contributed by atoms with van der Waals surface area (Å²) in [6.07, 6.45) is 1.52. The molecule has 0 unspecified atom stereocenters. The number of ether oxygens (including phenoxy) is 1. The summed E-state index contributed by atoms with van der Waals surface area (Å²) in [5.74, 6) is 1.71. The molecule has 1 aliphatic heterocycles. The number of H-pyrrole nitrogens is 1. The molecule has 0 atom stereocenters. The molecule has 124 valence electrons. The molecule has 4 rings (SSSR count). The summed E-state index contributed by atoms with van der Waals surface area (Å²) in [5, 5.41) is 6.41. The van der Waals surface area contributed by atoms with E-state index in [4.69, 9.17) is 4.74 Å². The average molecular weight is 326 g/mol. The second kappa shape index (κ2) is 5.88. The molecule has 3 aromatic rings. The van der Waals surface area contributed by atoms with Gasteiger partial charge in [0.2, 0.25) is 0 Å². The van der Waals surface area contributed by atoms with E-state index < -0.39 is 0 Å². The molecule has 1 saturated heterocycles. The van der Waals surface area contributed by atoms with Crippen LogP contribution in [-0.2, 0) is 0 Å². The van der Waals surface area contributed by atoms with Crippen LogP contribution in [0.25, 0.3) is 5.65 Å². The van der Waals surface area contributed by atoms with Crippen LogP contribution >= 0.6 is 0 Å². The van der Waals surface area contributed by atoms with Crippen LogP contribution in [0.5, 0.6) is 5.75 Å². The van der Waals surface area contributed by atoms with Crippen LogP contribution in [-0.4, -0.2) is 52.9 Å². The number of fused-ring (bicyclic) bond motifs is 1. The van der Waals surface area contributed by atoms with Crippen molar-refractivity contribution in [2.24, 2.45) is 0 Å². The molecule has 0 radical (unpaired) electrons. The fraction of sp³-hybridized carbons (Fsp3) is 0.312. The van der Waals surface area contributed by atoms with Crippen LogP contribution in [0.3, 0.4) is 0 Å². The van der Waals surface area contributed by atoms with E-state index >= 15 is 0 Å². The summed E-state index contributed by atoms with van der Waals surface area (Å²) < 4.78 is 6.69. The molecule has 0 aliphatic carbocycles. The minimum absolute atomic E-state index is 0.271. The number of nitrogens with one attached hydrogen (secondary N) is 1. The zero-order valence-electron chi connectivity index (χ0n) is 13.3. The molecule has 8 heteroatoms. The Morgan fingerprint density at radius 3 is 2.71 bits per heavy atom. The molecule has 24 heavy (non-hydrogen) atoms. The SMILES string of the molecule is COc1cccc(N2CCN(c3cc4n[nH]c(=O)n4cn3)CC2)c1. The van der Waals surface area contributed by atoms with Gasteiger partial charge in [-0.25, -0.2) is 19.3 Å². The predicted octanol–water partition coefficient (Wildman–Crippen LogP) is 0.753. The lowest BCUT2D eigenvalue weighted by molar-refractivity contribution is 0.414. The second-order valence-electron chi connectivity index (χ2n) is 5.68. The summed E-state index contributed by atoms with van der Waals surface area (Å²) in [5.41, 5.74) is 1.48. The molecule has 1 aromatic carbocycles. The van der Waals surface area contributed by atoms with Crippen molar-refractivity contribution in [2.45, 2.75) is 0 Å². The maximum absolute atomic E-state index is 11.5. The van der Waals surface area contributed by atoms with Gasteiger partial charge in [-0.1, -0.05) is 6.07 Å². The van der Waals surface area contributed by atoms with E-state index in [0.717, 1.165) is 43.4 Å². The number of aromatic amines is 1. The van der Waals surface area contributed by atoms with E-state index in [2.05, 4.69) is 37.1 Å². The smallest absolute Gasteiger partial charge is 0.348 e. The minimum Gasteiger partial charge on any atom is -0.497 e. The Bertz CT molecular complexity index is 910. The number of piperazine rings is 1. The van der Waals surface area contributed by atoms with E-state index in [1.54, 1.807) is 7.11 Å². The highest BCUT2D eigenvalue weighted by Crippen LogP contribution is 2.23. The fourth-order valence-corrected chi connectivity index (χ4v) is 2.97. The Balaban J connectivity index is 1.49. The van der Waals surface area contributed by atoms with Gasteiger partial charge in [0.25, 0.3) is 0 Å². The molecule has 1 aliphatic rings. The number of hydrogen-bond acceptors (Lipinski definition) is 6. The number of methoxy groups -OCH3 is 1. The van der Waals surface area contributed by atoms with Gasteiger partial charge in [0.15, 0.2) is 5.65 Å². The van der Waals surface area contributed by atoms with E-state index in [1.165, 1.54) is 10.7 Å². The van der Waals surface area contributed by atoms with Crippen molar-refractivity contribution in [3.63, 3.8) is 0 Å². The van der Waals surface area contributed by atoms with Crippen molar-refractivity contribution in [2.75, 3.05) is 43.1 Å². The molecule has 0 bridgehead atoms. The Kier molecular flexibility index (Phi) is 3.56. The lowest BCUT2D eigenvalue weighted by atomic mass is 10.2. The van der Waals surface area contributed by atoms with Gasteiger partial charge in [-0.15, -0.1) is 0 Å². The van der Waals surface area contributed by atoms with Crippen molar-refractivity contribution in [3.8, 4) is 5.75 Å². The van der Waals surface area contributed by atoms with Gasteiger partial charge in [-0.2, -0.15) is 5.10 Å². The largest absolute Gasteiger partial charge is 0.497 e. The Hall–Kier alpha value is -3.03. The molecular formula is C16H18N6O2. The van der Waals surface area contributed by atoms with E-state index in [-0.39, 0.29) is 5.69 Å². The fourth-order valence-electron chi connectivity index (χ4n) is 2.97. The summed E-state index contributed by atoms with van der Waals surface area (Å²) in [6.45, 7) is 3.50. The molecule has 1 fully saturated rings. The minimum atomic E-state index is -0.271. The number of hydrogen-bond donors (Lipinski definition) is 1. The first-order valence-corrected chi connectivity index (χ1v) is 7.81. The topological polar surface area (TPSA) is 78.8 Å². The summed E-state index contributed by atoms with van der Waals surface area (Å²) >= 11 is 0. The maximum Gasteiger partial charge on any atom is 0.348 e. The van der Waals surface area contributed by atoms with Gasteiger partial charge in [0.1, 0.15) is 17.9 Å². The van der Waals surface area contributed by atoms with Crippen LogP contribution in [0.4, 0.5) is 11.5 Å². The Morgan fingerprint density at radius 1 is 1.12 bits per heavy atom. The van der Waals surface area contributed by atoms with Crippen LogP contribution in [0.1, 0.15) is 0 Å². The van der Waals surface area contributed by atoms with Gasteiger partial charge in [-0.3, -0.25) is 0 Å². The monoisotopic (exact) mass is 326 g/mol. The molecule has 0 amide bonds. The predicted molar refractivity (Wildman–Crippen MR) is 91.0 cm³/mol. The van der Waals surface area contributed by atoms with Crippen LogP contribution in [0.2, 0.25) is 0 Å². The van der Waals surface area contributed by atoms with Crippen molar-refractivity contribution in [1.82, 2.24) is 19.6 Å². The zero-order chi connectivity index (χ0) is 16.5. The number of nitrogens with zero attached hydrogens (tertiary/aromatic N) is 5. The highest BCUT2D eigenvalue weighted by Gasteiger charge is 2.19. The standard InChI is InChI=1S/C16H18N6O2/c1-24-13-4-2-3-12(9-13)20-5-7-21(8-6-20)14-10-15-18-19-16(23)22(15)11-17-14/h2-4,9-11H,5-8H2,1H3,(H,19,23). The second-order valence-corrected chi connectivity index (χ2v) is 5.68. The van der Waals surface area contributed by atoms with Crippen molar-refractivity contribution >= 4 is 17.2 Å². The van der Waals surface area contributed by atoms with Crippen molar-refractivity contribution in [3.05, 3.63) is 47.1 Å². The van der Waals surface area contributed by atoms with Gasteiger partial charge in [0, 0.05) is 44.0 Å². The first kappa shape index (κ1) is 14.6. The normalized spacial score (nSPS) is 15.0. The first-order chi connectivity index (χ1) is 11.7. The quantitative estimate of drug-likeness (QED) is 0.765. The number of anilines is 2. The molecule has 1 N–H and O–H groups in total. The summed E-state index contributed by atoms with van der Waals surface area (Å²) in [4.78, 5) is 20.4. The number of aromatic nitrogens is 4. The molecule has 0 saturated carbocycles. The molecule has 3 heterocycles. The first-order valence-electron chi connectivity index (χ1n) is 7.81.